The van der Waals surface area contributed by atoms with Gasteiger partial charge in [-0.1, -0.05) is 43.3 Å². The van der Waals surface area contributed by atoms with Crippen molar-refractivity contribution in [3.8, 4) is 16.9 Å². The van der Waals surface area contributed by atoms with Gasteiger partial charge in [0.2, 0.25) is 0 Å². The van der Waals surface area contributed by atoms with Gasteiger partial charge in [0.25, 0.3) is 5.91 Å². The number of aromatic nitrogens is 2. The van der Waals surface area contributed by atoms with E-state index in [9.17, 15) is 4.79 Å². The Balaban J connectivity index is 1.68. The van der Waals surface area contributed by atoms with Crippen LogP contribution in [0, 0.1) is 0 Å². The first-order chi connectivity index (χ1) is 12.8. The maximum absolute atomic E-state index is 12.7. The fraction of sp³-hybridized carbons (Fsp3) is 0.190. The van der Waals surface area contributed by atoms with E-state index in [2.05, 4.69) is 15.3 Å². The molecule has 0 unspecified atom stereocenters. The molecule has 3 aromatic rings. The van der Waals surface area contributed by atoms with E-state index in [1.807, 2.05) is 55.5 Å². The van der Waals surface area contributed by atoms with E-state index in [1.165, 1.54) is 6.33 Å². The first-order valence-corrected chi connectivity index (χ1v) is 8.62. The first kappa shape index (κ1) is 17.6. The monoisotopic (exact) mass is 347 g/mol. The minimum Gasteiger partial charge on any atom is -0.489 e. The van der Waals surface area contributed by atoms with Crippen molar-refractivity contribution in [1.82, 2.24) is 15.3 Å². The summed E-state index contributed by atoms with van der Waals surface area (Å²) in [6.45, 7) is 2.47. The summed E-state index contributed by atoms with van der Waals surface area (Å²) >= 11 is 0. The van der Waals surface area contributed by atoms with Crippen LogP contribution in [0.2, 0.25) is 0 Å². The zero-order chi connectivity index (χ0) is 18.2. The Morgan fingerprint density at radius 2 is 1.73 bits per heavy atom. The summed E-state index contributed by atoms with van der Waals surface area (Å²) in [7, 11) is 0. The van der Waals surface area contributed by atoms with Crippen molar-refractivity contribution in [2.45, 2.75) is 19.4 Å². The molecule has 5 heteroatoms. The quantitative estimate of drug-likeness (QED) is 0.707. The highest BCUT2D eigenvalue weighted by atomic mass is 16.5. The summed E-state index contributed by atoms with van der Waals surface area (Å²) < 4.78 is 5.93. The Kier molecular flexibility index (Phi) is 5.93. The molecule has 0 aliphatic heterocycles. The number of amides is 1. The van der Waals surface area contributed by atoms with Crippen LogP contribution in [0.3, 0.4) is 0 Å². The van der Waals surface area contributed by atoms with Crippen LogP contribution >= 0.6 is 0 Å². The number of nitrogens with one attached hydrogen (secondary N) is 1. The zero-order valence-corrected chi connectivity index (χ0v) is 14.6. The van der Waals surface area contributed by atoms with E-state index in [4.69, 9.17) is 4.74 Å². The van der Waals surface area contributed by atoms with Gasteiger partial charge in [-0.2, -0.15) is 0 Å². The van der Waals surface area contributed by atoms with Gasteiger partial charge in [-0.15, -0.1) is 0 Å². The summed E-state index contributed by atoms with van der Waals surface area (Å²) in [6, 6.07) is 17.1. The number of para-hydroxylation sites is 1. The number of benzene rings is 2. The number of ether oxygens (including phenoxy) is 1. The Morgan fingerprint density at radius 1 is 1.04 bits per heavy atom. The largest absolute Gasteiger partial charge is 0.489 e. The average molecular weight is 347 g/mol. The van der Waals surface area contributed by atoms with Gasteiger partial charge in [0.1, 0.15) is 18.2 Å². The van der Waals surface area contributed by atoms with Gasteiger partial charge in [-0.25, -0.2) is 9.97 Å². The van der Waals surface area contributed by atoms with E-state index in [0.717, 1.165) is 23.3 Å². The first-order valence-electron chi connectivity index (χ1n) is 8.62. The fourth-order valence-electron chi connectivity index (χ4n) is 2.63. The Hall–Kier alpha value is -3.21. The molecule has 0 bridgehead atoms. The molecule has 0 aliphatic rings. The maximum Gasteiger partial charge on any atom is 0.252 e. The molecule has 26 heavy (non-hydrogen) atoms. The molecule has 1 atom stereocenters. The van der Waals surface area contributed by atoms with Gasteiger partial charge in [-0.3, -0.25) is 4.79 Å². The molecule has 0 aliphatic carbocycles. The molecule has 5 nitrogen and oxygen atoms in total. The molecular formula is C21H21N3O2. The fourth-order valence-corrected chi connectivity index (χ4v) is 2.63. The number of carbonyl (C=O) groups excluding carboxylic acids is 1. The van der Waals surface area contributed by atoms with Crippen LogP contribution in [0.25, 0.3) is 11.1 Å². The minimum atomic E-state index is -0.139. The van der Waals surface area contributed by atoms with Gasteiger partial charge in [0.15, 0.2) is 0 Å². The lowest BCUT2D eigenvalue weighted by molar-refractivity contribution is 0.0926. The predicted molar refractivity (Wildman–Crippen MR) is 101 cm³/mol. The summed E-state index contributed by atoms with van der Waals surface area (Å²) in [5.74, 6) is 0.662. The standard InChI is InChI=1S/C21H21N3O2/c1-2-17(26-18-8-4-3-5-9-18)14-24-21(25)20-11-7-6-10-19(20)16-12-22-15-23-13-16/h3-13,15,17H,2,14H2,1H3,(H,24,25)/t17-/m1/s1. The van der Waals surface area contributed by atoms with Crippen molar-refractivity contribution in [3.63, 3.8) is 0 Å². The lowest BCUT2D eigenvalue weighted by Crippen LogP contribution is -2.35. The van der Waals surface area contributed by atoms with Gasteiger partial charge >= 0.3 is 0 Å². The SMILES string of the molecule is CC[C@H](CNC(=O)c1ccccc1-c1cncnc1)Oc1ccccc1. The third kappa shape index (κ3) is 4.45. The maximum atomic E-state index is 12.7. The number of rotatable bonds is 7. The van der Waals surface area contributed by atoms with Crippen LogP contribution in [0.1, 0.15) is 23.7 Å². The molecule has 1 N–H and O–H groups in total. The van der Waals surface area contributed by atoms with Crippen LogP contribution < -0.4 is 10.1 Å². The van der Waals surface area contributed by atoms with Gasteiger partial charge in [0, 0.05) is 23.5 Å². The van der Waals surface area contributed by atoms with Crippen molar-refractivity contribution < 1.29 is 9.53 Å². The van der Waals surface area contributed by atoms with Crippen molar-refractivity contribution in [2.24, 2.45) is 0 Å². The summed E-state index contributed by atoms with van der Waals surface area (Å²) in [4.78, 5) is 20.8. The highest BCUT2D eigenvalue weighted by molar-refractivity contribution is 6.00. The third-order valence-electron chi connectivity index (χ3n) is 4.03. The van der Waals surface area contributed by atoms with E-state index in [0.29, 0.717) is 12.1 Å². The lowest BCUT2D eigenvalue weighted by atomic mass is 10.0. The molecule has 0 fully saturated rings. The summed E-state index contributed by atoms with van der Waals surface area (Å²) in [5.41, 5.74) is 2.21. The molecule has 1 heterocycles. The molecule has 0 saturated heterocycles. The van der Waals surface area contributed by atoms with Crippen LogP contribution in [-0.2, 0) is 0 Å². The second-order valence-electron chi connectivity index (χ2n) is 5.84. The highest BCUT2D eigenvalue weighted by Crippen LogP contribution is 2.22. The molecule has 2 aromatic carbocycles. The number of nitrogens with zero attached hydrogens (tertiary/aromatic N) is 2. The van der Waals surface area contributed by atoms with E-state index in [1.54, 1.807) is 18.5 Å². The van der Waals surface area contributed by atoms with E-state index in [-0.39, 0.29) is 12.0 Å². The smallest absolute Gasteiger partial charge is 0.252 e. The molecule has 1 aromatic heterocycles. The Morgan fingerprint density at radius 3 is 2.46 bits per heavy atom. The average Bonchev–Trinajstić information content (AvgIpc) is 2.72. The molecule has 3 rings (SSSR count). The molecule has 0 saturated carbocycles. The van der Waals surface area contributed by atoms with E-state index < -0.39 is 0 Å². The number of hydrogen-bond donors (Lipinski definition) is 1. The third-order valence-corrected chi connectivity index (χ3v) is 4.03. The highest BCUT2D eigenvalue weighted by Gasteiger charge is 2.15. The molecule has 132 valence electrons. The molecule has 0 radical (unpaired) electrons. The van der Waals surface area contributed by atoms with Crippen LogP contribution in [0.5, 0.6) is 5.75 Å². The molecule has 1 amide bonds. The minimum absolute atomic E-state index is 0.0893. The van der Waals surface area contributed by atoms with Gasteiger partial charge in [-0.05, 0) is 30.2 Å². The second-order valence-corrected chi connectivity index (χ2v) is 5.84. The van der Waals surface area contributed by atoms with Crippen LogP contribution in [0.4, 0.5) is 0 Å². The summed E-state index contributed by atoms with van der Waals surface area (Å²) in [5, 5.41) is 2.98. The normalized spacial score (nSPS) is 11.6. The Labute approximate surface area is 153 Å². The van der Waals surface area contributed by atoms with E-state index >= 15 is 0 Å². The lowest BCUT2D eigenvalue weighted by Gasteiger charge is -2.18. The predicted octanol–water partition coefficient (Wildman–Crippen LogP) is 3.73. The van der Waals surface area contributed by atoms with Gasteiger partial charge < -0.3 is 10.1 Å². The van der Waals surface area contributed by atoms with Gasteiger partial charge in [0.05, 0.1) is 6.54 Å². The number of hydrogen-bond acceptors (Lipinski definition) is 4. The molecular weight excluding hydrogens is 326 g/mol. The summed E-state index contributed by atoms with van der Waals surface area (Å²) in [6.07, 6.45) is 5.58. The molecule has 0 spiro atoms. The van der Waals surface area contributed by atoms with Crippen molar-refractivity contribution >= 4 is 5.91 Å². The van der Waals surface area contributed by atoms with Crippen LogP contribution in [-0.4, -0.2) is 28.5 Å². The van der Waals surface area contributed by atoms with Crippen LogP contribution in [0.15, 0.2) is 73.3 Å². The Bertz CT molecular complexity index is 838. The second kappa shape index (κ2) is 8.76. The van der Waals surface area contributed by atoms with Crippen molar-refractivity contribution in [1.29, 1.82) is 0 Å². The van der Waals surface area contributed by atoms with Crippen molar-refractivity contribution in [3.05, 3.63) is 78.9 Å². The zero-order valence-electron chi connectivity index (χ0n) is 14.6. The topological polar surface area (TPSA) is 64.1 Å². The number of carbonyl (C=O) groups is 1. The van der Waals surface area contributed by atoms with Crippen molar-refractivity contribution in [2.75, 3.05) is 6.54 Å².